The van der Waals surface area contributed by atoms with Crippen molar-refractivity contribution in [3.63, 3.8) is 0 Å². The number of hydrogen-bond donors (Lipinski definition) is 1. The maximum atomic E-state index is 10.4. The molecule has 0 saturated carbocycles. The number of hydrogen-bond acceptors (Lipinski definition) is 7. The van der Waals surface area contributed by atoms with Crippen molar-refractivity contribution in [3.05, 3.63) is 36.5 Å². The Hall–Kier alpha value is -2.16. The molecule has 0 heterocycles. The van der Waals surface area contributed by atoms with E-state index >= 15 is 0 Å². The van der Waals surface area contributed by atoms with E-state index in [1.807, 2.05) is 59.0 Å². The van der Waals surface area contributed by atoms with Gasteiger partial charge in [0.2, 0.25) is 0 Å². The predicted molar refractivity (Wildman–Crippen MR) is 136 cm³/mol. The molecule has 0 spiro atoms. The van der Waals surface area contributed by atoms with Gasteiger partial charge in [-0.3, -0.25) is 0 Å². The summed E-state index contributed by atoms with van der Waals surface area (Å²) in [6.45, 7) is 17.4. The quantitative estimate of drug-likeness (QED) is 0.447. The largest absolute Gasteiger partial charge is 0.478 e. The molecular formula is C23H47ClN2O6. The van der Waals surface area contributed by atoms with Crippen LogP contribution in [0.4, 0.5) is 0 Å². The molecule has 1 N–H and O–H groups in total. The van der Waals surface area contributed by atoms with E-state index < -0.39 is 5.97 Å². The highest BCUT2D eigenvalue weighted by atomic mass is 35.5. The van der Waals surface area contributed by atoms with Gasteiger partial charge in [-0.15, -0.1) is 12.4 Å². The van der Waals surface area contributed by atoms with Gasteiger partial charge >= 0.3 is 17.9 Å². The van der Waals surface area contributed by atoms with Crippen LogP contribution in [0.3, 0.4) is 0 Å². The molecule has 0 aliphatic rings. The Morgan fingerprint density at radius 1 is 0.812 bits per heavy atom. The van der Waals surface area contributed by atoms with Gasteiger partial charge in [0.25, 0.3) is 0 Å². The summed E-state index contributed by atoms with van der Waals surface area (Å²) in [5.41, 5.74) is 1.18. The minimum atomic E-state index is -0.883. The molecule has 9 heteroatoms. The second-order valence-corrected chi connectivity index (χ2v) is 7.11. The monoisotopic (exact) mass is 482 g/mol. The molecule has 0 aromatic heterocycles. The van der Waals surface area contributed by atoms with Crippen LogP contribution in [0.15, 0.2) is 36.5 Å². The number of ether oxygens (including phenoxy) is 2. The standard InChI is InChI=1S/2C6H10O2.C5H8O2.2C3H9N.ClH/c1-4-8-6(7)5(2)3;1-3-4-5(2)6(7)8;1-4(2)5(6)7-3;2*1-4(2)3;/h2,4H2,1,3H3;2-4H2,1H3,(H,7,8);1H2,2-3H3;2*1-3H3;1H. The van der Waals surface area contributed by atoms with Gasteiger partial charge in [-0.1, -0.05) is 33.1 Å². The molecule has 0 atom stereocenters. The van der Waals surface area contributed by atoms with E-state index in [4.69, 9.17) is 5.11 Å². The fraction of sp³-hybridized carbons (Fsp3) is 0.609. The molecule has 0 radical (unpaired) electrons. The summed E-state index contributed by atoms with van der Waals surface area (Å²) in [5, 5.41) is 8.21. The van der Waals surface area contributed by atoms with Crippen molar-refractivity contribution in [2.45, 2.75) is 40.5 Å². The summed E-state index contributed by atoms with van der Waals surface area (Å²) in [6.07, 6.45) is 1.44. The number of rotatable bonds is 6. The van der Waals surface area contributed by atoms with Gasteiger partial charge in [0.05, 0.1) is 13.7 Å². The summed E-state index contributed by atoms with van der Waals surface area (Å²) in [6, 6.07) is 0. The molecule has 0 fully saturated rings. The first-order valence-electron chi connectivity index (χ1n) is 9.70. The predicted octanol–water partition coefficient (Wildman–Crippen LogP) is 4.07. The maximum absolute atomic E-state index is 10.4. The van der Waals surface area contributed by atoms with E-state index in [0.29, 0.717) is 29.7 Å². The third-order valence-electron chi connectivity index (χ3n) is 2.01. The van der Waals surface area contributed by atoms with Crippen molar-refractivity contribution in [2.24, 2.45) is 0 Å². The molecule has 0 aromatic carbocycles. The molecule has 0 saturated heterocycles. The average molecular weight is 483 g/mol. The minimum Gasteiger partial charge on any atom is -0.478 e. The van der Waals surface area contributed by atoms with Gasteiger partial charge in [-0.05, 0) is 69.5 Å². The van der Waals surface area contributed by atoms with Crippen LogP contribution < -0.4 is 0 Å². The molecule has 0 amide bonds. The van der Waals surface area contributed by atoms with Crippen LogP contribution >= 0.6 is 12.4 Å². The summed E-state index contributed by atoms with van der Waals surface area (Å²) in [5.74, 6) is -1.54. The van der Waals surface area contributed by atoms with Gasteiger partial charge in [-0.2, -0.15) is 0 Å². The van der Waals surface area contributed by atoms with E-state index in [0.717, 1.165) is 6.42 Å². The van der Waals surface area contributed by atoms with E-state index in [1.54, 1.807) is 20.8 Å². The maximum Gasteiger partial charge on any atom is 0.333 e. The van der Waals surface area contributed by atoms with E-state index in [2.05, 4.69) is 29.2 Å². The molecule has 0 aromatic rings. The molecule has 0 aliphatic heterocycles. The van der Waals surface area contributed by atoms with Crippen molar-refractivity contribution in [1.29, 1.82) is 0 Å². The summed E-state index contributed by atoms with van der Waals surface area (Å²) >= 11 is 0. The zero-order valence-electron chi connectivity index (χ0n) is 22.0. The van der Waals surface area contributed by atoms with Crippen molar-refractivity contribution in [2.75, 3.05) is 56.0 Å². The number of carboxylic acids is 1. The lowest BCUT2D eigenvalue weighted by molar-refractivity contribution is -0.138. The summed E-state index contributed by atoms with van der Waals surface area (Å²) < 4.78 is 8.84. The molecule has 0 unspecified atom stereocenters. The number of esters is 2. The van der Waals surface area contributed by atoms with Crippen molar-refractivity contribution >= 4 is 30.3 Å². The number of nitrogens with zero attached hydrogens (tertiary/aromatic N) is 2. The SMILES string of the molecule is C=C(C)C(=O)OC.C=C(C)C(=O)OCC.C=C(CCC)C(=O)O.CN(C)C.CN(C)C.Cl. The number of aliphatic carboxylic acids is 1. The Kier molecular flexibility index (Phi) is 42.3. The topological polar surface area (TPSA) is 96.4 Å². The first-order valence-corrected chi connectivity index (χ1v) is 9.70. The van der Waals surface area contributed by atoms with Crippen LogP contribution in [0.2, 0.25) is 0 Å². The highest BCUT2D eigenvalue weighted by Crippen LogP contribution is 1.99. The highest BCUT2D eigenvalue weighted by Gasteiger charge is 1.99. The lowest BCUT2D eigenvalue weighted by Gasteiger charge is -1.96. The number of carbonyl (C=O) groups is 3. The fourth-order valence-electron chi connectivity index (χ4n) is 0.837. The molecule has 8 nitrogen and oxygen atoms in total. The van der Waals surface area contributed by atoms with Gasteiger partial charge in [-0.25, -0.2) is 14.4 Å². The smallest absolute Gasteiger partial charge is 0.333 e. The minimum absolute atomic E-state index is 0. The van der Waals surface area contributed by atoms with E-state index in [1.165, 1.54) is 7.11 Å². The number of carboxylic acid groups (broad SMARTS) is 1. The zero-order chi connectivity index (χ0) is 26.2. The van der Waals surface area contributed by atoms with Crippen molar-refractivity contribution in [3.8, 4) is 0 Å². The van der Waals surface area contributed by atoms with Gasteiger partial charge in [0.1, 0.15) is 0 Å². The molecule has 32 heavy (non-hydrogen) atoms. The number of carbonyl (C=O) groups excluding carboxylic acids is 2. The first kappa shape index (κ1) is 43.7. The summed E-state index contributed by atoms with van der Waals surface area (Å²) in [4.78, 5) is 34.6. The zero-order valence-corrected chi connectivity index (χ0v) is 22.9. The van der Waals surface area contributed by atoms with Crippen molar-refractivity contribution < 1.29 is 29.0 Å². The Labute approximate surface area is 202 Å². The Morgan fingerprint density at radius 2 is 1.12 bits per heavy atom. The van der Waals surface area contributed by atoms with Crippen LogP contribution in [0.5, 0.6) is 0 Å². The fourth-order valence-corrected chi connectivity index (χ4v) is 0.837. The van der Waals surface area contributed by atoms with Crippen LogP contribution in [0, 0.1) is 0 Å². The van der Waals surface area contributed by atoms with Gasteiger partial charge in [0, 0.05) is 16.7 Å². The van der Waals surface area contributed by atoms with Crippen LogP contribution in [-0.2, 0) is 23.9 Å². The summed E-state index contributed by atoms with van der Waals surface area (Å²) in [7, 11) is 13.3. The normalized spacial score (nSPS) is 8.16. The van der Waals surface area contributed by atoms with Crippen LogP contribution in [-0.4, -0.2) is 88.8 Å². The second-order valence-electron chi connectivity index (χ2n) is 7.11. The molecule has 0 aliphatic carbocycles. The molecule has 192 valence electrons. The molecular weight excluding hydrogens is 436 g/mol. The molecule has 0 bridgehead atoms. The van der Waals surface area contributed by atoms with Gasteiger partial charge in [0.15, 0.2) is 0 Å². The van der Waals surface area contributed by atoms with Crippen LogP contribution in [0.25, 0.3) is 0 Å². The van der Waals surface area contributed by atoms with E-state index in [-0.39, 0.29) is 24.3 Å². The average Bonchev–Trinajstić information content (AvgIpc) is 2.61. The Balaban J connectivity index is -0.0000000674. The van der Waals surface area contributed by atoms with Gasteiger partial charge < -0.3 is 24.4 Å². The third-order valence-corrected chi connectivity index (χ3v) is 2.01. The molecule has 0 rings (SSSR count). The highest BCUT2D eigenvalue weighted by molar-refractivity contribution is 5.87. The first-order chi connectivity index (χ1) is 14.0. The number of halogens is 1. The Bertz CT molecular complexity index is 493. The second kappa shape index (κ2) is 31.0. The number of methoxy groups -OCH3 is 1. The third kappa shape index (κ3) is 63.0. The van der Waals surface area contributed by atoms with E-state index in [9.17, 15) is 14.4 Å². The van der Waals surface area contributed by atoms with Crippen molar-refractivity contribution in [1.82, 2.24) is 9.80 Å². The lowest BCUT2D eigenvalue weighted by Crippen LogP contribution is -2.03. The van der Waals surface area contributed by atoms with Crippen LogP contribution in [0.1, 0.15) is 40.5 Å². The lowest BCUT2D eigenvalue weighted by atomic mass is 10.2. The Morgan fingerprint density at radius 3 is 1.19 bits per heavy atom.